The summed E-state index contributed by atoms with van der Waals surface area (Å²) in [5.74, 6) is 0. The Morgan fingerprint density at radius 2 is 2.43 bits per heavy atom. The smallest absolute Gasteiger partial charge is 0.262 e. The van der Waals surface area contributed by atoms with E-state index >= 15 is 0 Å². The molecular formula is C8H9N5O. The predicted molar refractivity (Wildman–Crippen MR) is 54.1 cm³/mol. The number of hydrogen-bond donors (Lipinski definition) is 4. The molecule has 2 rings (SSSR count). The SMILES string of the molecule is CNc1c(C=N)[nH]c2nc[nH]c(=O)c12. The third kappa shape index (κ3) is 1.00. The quantitative estimate of drug-likeness (QED) is 0.513. The van der Waals surface area contributed by atoms with E-state index in [9.17, 15) is 4.79 Å². The van der Waals surface area contributed by atoms with E-state index in [0.29, 0.717) is 22.4 Å². The number of nitrogens with one attached hydrogen (secondary N) is 4. The third-order valence-electron chi connectivity index (χ3n) is 2.02. The van der Waals surface area contributed by atoms with Gasteiger partial charge < -0.3 is 20.7 Å². The Kier molecular flexibility index (Phi) is 1.81. The van der Waals surface area contributed by atoms with Crippen molar-refractivity contribution in [2.75, 3.05) is 12.4 Å². The number of hydrogen-bond acceptors (Lipinski definition) is 4. The van der Waals surface area contributed by atoms with Crippen LogP contribution in [-0.4, -0.2) is 28.2 Å². The number of aromatic nitrogens is 3. The molecule has 2 aromatic heterocycles. The number of nitrogens with zero attached hydrogens (tertiary/aromatic N) is 1. The van der Waals surface area contributed by atoms with Crippen molar-refractivity contribution in [2.24, 2.45) is 0 Å². The monoisotopic (exact) mass is 191 g/mol. The van der Waals surface area contributed by atoms with Crippen molar-refractivity contribution in [3.05, 3.63) is 22.4 Å². The second kappa shape index (κ2) is 2.99. The van der Waals surface area contributed by atoms with Crippen LogP contribution in [0.1, 0.15) is 5.69 Å². The molecule has 0 amide bonds. The summed E-state index contributed by atoms with van der Waals surface area (Å²) in [5.41, 5.74) is 1.41. The summed E-state index contributed by atoms with van der Waals surface area (Å²) in [6.45, 7) is 0. The Labute approximate surface area is 78.9 Å². The molecule has 0 aromatic carbocycles. The van der Waals surface area contributed by atoms with Gasteiger partial charge in [-0.3, -0.25) is 4.79 Å². The molecule has 0 saturated carbocycles. The molecule has 0 spiro atoms. The highest BCUT2D eigenvalue weighted by atomic mass is 16.1. The molecule has 0 aliphatic rings. The van der Waals surface area contributed by atoms with Crippen LogP contribution in [0.5, 0.6) is 0 Å². The van der Waals surface area contributed by atoms with E-state index < -0.39 is 0 Å². The maximum atomic E-state index is 11.5. The number of rotatable bonds is 2. The van der Waals surface area contributed by atoms with Crippen LogP contribution in [0, 0.1) is 5.41 Å². The Hall–Kier alpha value is -2.11. The van der Waals surface area contributed by atoms with Crippen molar-refractivity contribution < 1.29 is 0 Å². The molecule has 0 fully saturated rings. The molecule has 0 bridgehead atoms. The summed E-state index contributed by atoms with van der Waals surface area (Å²) in [6, 6.07) is 0. The normalized spacial score (nSPS) is 10.4. The van der Waals surface area contributed by atoms with Crippen LogP contribution >= 0.6 is 0 Å². The lowest BCUT2D eigenvalue weighted by molar-refractivity contribution is 1.16. The van der Waals surface area contributed by atoms with Crippen LogP contribution in [-0.2, 0) is 0 Å². The summed E-state index contributed by atoms with van der Waals surface area (Å²) in [5, 5.41) is 10.5. The Balaban J connectivity index is 2.95. The largest absolute Gasteiger partial charge is 0.386 e. The molecule has 0 atom stereocenters. The lowest BCUT2D eigenvalue weighted by atomic mass is 10.3. The van der Waals surface area contributed by atoms with E-state index in [1.165, 1.54) is 6.33 Å². The predicted octanol–water partition coefficient (Wildman–Crippen LogP) is 0.291. The molecule has 6 heteroatoms. The zero-order valence-corrected chi connectivity index (χ0v) is 7.51. The van der Waals surface area contributed by atoms with Crippen LogP contribution in [0.4, 0.5) is 5.69 Å². The first-order valence-corrected chi connectivity index (χ1v) is 4.05. The number of aromatic amines is 2. The molecule has 4 N–H and O–H groups in total. The minimum absolute atomic E-state index is 0.219. The van der Waals surface area contributed by atoms with E-state index in [-0.39, 0.29) is 5.56 Å². The number of anilines is 1. The van der Waals surface area contributed by atoms with Gasteiger partial charge >= 0.3 is 0 Å². The zero-order chi connectivity index (χ0) is 10.1. The van der Waals surface area contributed by atoms with Crippen molar-refractivity contribution in [1.82, 2.24) is 15.0 Å². The van der Waals surface area contributed by atoms with Gasteiger partial charge in [-0.15, -0.1) is 0 Å². The summed E-state index contributed by atoms with van der Waals surface area (Å²) < 4.78 is 0. The van der Waals surface area contributed by atoms with Gasteiger partial charge in [0.2, 0.25) is 0 Å². The summed E-state index contributed by atoms with van der Waals surface area (Å²) in [7, 11) is 1.70. The fourth-order valence-corrected chi connectivity index (χ4v) is 1.42. The summed E-state index contributed by atoms with van der Waals surface area (Å²) >= 11 is 0. The maximum Gasteiger partial charge on any atom is 0.262 e. The van der Waals surface area contributed by atoms with Gasteiger partial charge in [-0.2, -0.15) is 0 Å². The Bertz CT molecular complexity index is 538. The van der Waals surface area contributed by atoms with Gasteiger partial charge in [0.05, 0.1) is 17.7 Å². The molecule has 2 aromatic rings. The Morgan fingerprint density at radius 1 is 1.64 bits per heavy atom. The van der Waals surface area contributed by atoms with Crippen molar-refractivity contribution >= 4 is 22.9 Å². The van der Waals surface area contributed by atoms with Crippen LogP contribution in [0.15, 0.2) is 11.1 Å². The maximum absolute atomic E-state index is 11.5. The molecule has 0 aliphatic heterocycles. The fourth-order valence-electron chi connectivity index (χ4n) is 1.42. The lowest BCUT2D eigenvalue weighted by Gasteiger charge is -1.96. The molecule has 0 aliphatic carbocycles. The van der Waals surface area contributed by atoms with Gasteiger partial charge in [0, 0.05) is 13.3 Å². The van der Waals surface area contributed by atoms with Gasteiger partial charge in [0.1, 0.15) is 11.0 Å². The van der Waals surface area contributed by atoms with Crippen LogP contribution in [0.25, 0.3) is 11.0 Å². The highest BCUT2D eigenvalue weighted by molar-refractivity contribution is 6.00. The minimum atomic E-state index is -0.219. The summed E-state index contributed by atoms with van der Waals surface area (Å²) in [4.78, 5) is 20.8. The zero-order valence-electron chi connectivity index (χ0n) is 7.51. The third-order valence-corrected chi connectivity index (χ3v) is 2.02. The average Bonchev–Trinajstić information content (AvgIpc) is 2.56. The standard InChI is InChI=1S/C8H9N5O/c1-10-6-4(2-9)13-7-5(6)8(14)12-3-11-7/h2-3,9-10H,1H3,(H2,11,12,13,14). The van der Waals surface area contributed by atoms with E-state index in [2.05, 4.69) is 20.3 Å². The highest BCUT2D eigenvalue weighted by Gasteiger charge is 2.11. The molecular weight excluding hydrogens is 182 g/mol. The van der Waals surface area contributed by atoms with Crippen molar-refractivity contribution in [3.63, 3.8) is 0 Å². The molecule has 72 valence electrons. The number of H-pyrrole nitrogens is 2. The van der Waals surface area contributed by atoms with E-state index in [4.69, 9.17) is 5.41 Å². The lowest BCUT2D eigenvalue weighted by Crippen LogP contribution is -2.06. The molecule has 0 radical (unpaired) electrons. The van der Waals surface area contributed by atoms with Crippen LogP contribution in [0.3, 0.4) is 0 Å². The first-order chi connectivity index (χ1) is 6.77. The van der Waals surface area contributed by atoms with Gasteiger partial charge in [-0.25, -0.2) is 4.98 Å². The molecule has 0 saturated heterocycles. The van der Waals surface area contributed by atoms with Gasteiger partial charge in [-0.1, -0.05) is 0 Å². The molecule has 6 nitrogen and oxygen atoms in total. The molecule has 2 heterocycles. The van der Waals surface area contributed by atoms with Gasteiger partial charge in [0.25, 0.3) is 5.56 Å². The fraction of sp³-hybridized carbons (Fsp3) is 0.125. The van der Waals surface area contributed by atoms with E-state index in [1.54, 1.807) is 7.05 Å². The van der Waals surface area contributed by atoms with Crippen LogP contribution in [0.2, 0.25) is 0 Å². The van der Waals surface area contributed by atoms with E-state index in [0.717, 1.165) is 6.21 Å². The van der Waals surface area contributed by atoms with Crippen molar-refractivity contribution in [3.8, 4) is 0 Å². The first-order valence-electron chi connectivity index (χ1n) is 4.05. The molecule has 14 heavy (non-hydrogen) atoms. The van der Waals surface area contributed by atoms with E-state index in [1.807, 2.05) is 0 Å². The second-order valence-electron chi connectivity index (χ2n) is 2.76. The summed E-state index contributed by atoms with van der Waals surface area (Å²) in [6.07, 6.45) is 2.47. The Morgan fingerprint density at radius 3 is 3.07 bits per heavy atom. The van der Waals surface area contributed by atoms with Crippen LogP contribution < -0.4 is 10.9 Å². The van der Waals surface area contributed by atoms with Gasteiger partial charge in [-0.05, 0) is 0 Å². The highest BCUT2D eigenvalue weighted by Crippen LogP contribution is 2.20. The number of fused-ring (bicyclic) bond motifs is 1. The molecule has 0 unspecified atom stereocenters. The topological polar surface area (TPSA) is 97.4 Å². The second-order valence-corrected chi connectivity index (χ2v) is 2.76. The van der Waals surface area contributed by atoms with Crippen molar-refractivity contribution in [2.45, 2.75) is 0 Å². The van der Waals surface area contributed by atoms with Gasteiger partial charge in [0.15, 0.2) is 0 Å². The average molecular weight is 191 g/mol. The first kappa shape index (κ1) is 8.49. The van der Waals surface area contributed by atoms with Crippen molar-refractivity contribution in [1.29, 1.82) is 5.41 Å². The minimum Gasteiger partial charge on any atom is -0.386 e.